The number of hydrogen-bond donors (Lipinski definition) is 3. The van der Waals surface area contributed by atoms with Crippen LogP contribution in [0.25, 0.3) is 0 Å². The zero-order chi connectivity index (χ0) is 25.4. The number of β-amino-alcohol motifs (C(OH)–C–C–N with tert-alkyl or cyclic N) is 1. The number of rotatable bonds is 8. The smallest absolute Gasteiger partial charge is 0.338 e. The fraction of sp³-hybridized carbons (Fsp3) is 0.500. The summed E-state index contributed by atoms with van der Waals surface area (Å²) in [5.41, 5.74) is 6.41. The predicted octanol–water partition coefficient (Wildman–Crippen LogP) is 2.86. The minimum Gasteiger partial charge on any atom is -0.457 e. The van der Waals surface area contributed by atoms with Crippen molar-refractivity contribution in [3.8, 4) is 0 Å². The Morgan fingerprint density at radius 2 is 1.50 bits per heavy atom. The Morgan fingerprint density at radius 3 is 2.11 bits per heavy atom. The highest BCUT2D eigenvalue weighted by atomic mass is 16.5. The SMILES string of the molecule is Cc1c([C@H](O)CNCC2CCCCN2C[C@H](O)c2ccc3c(c2C)COC3=O)ccc2c1COC2=O. The highest BCUT2D eigenvalue weighted by molar-refractivity contribution is 5.94. The first-order chi connectivity index (χ1) is 17.3. The molecule has 3 aliphatic heterocycles. The maximum Gasteiger partial charge on any atom is 0.338 e. The Hall–Kier alpha value is -2.78. The molecule has 0 amide bonds. The molecule has 0 radical (unpaired) electrons. The van der Waals surface area contributed by atoms with E-state index in [1.165, 1.54) is 0 Å². The van der Waals surface area contributed by atoms with Crippen LogP contribution in [0.3, 0.4) is 0 Å². The second kappa shape index (κ2) is 10.3. The molecule has 0 bridgehead atoms. The van der Waals surface area contributed by atoms with Crippen LogP contribution in [-0.4, -0.2) is 59.3 Å². The molecule has 192 valence electrons. The zero-order valence-electron chi connectivity index (χ0n) is 20.9. The van der Waals surface area contributed by atoms with Gasteiger partial charge in [0.2, 0.25) is 0 Å². The van der Waals surface area contributed by atoms with Crippen molar-refractivity contribution >= 4 is 11.9 Å². The van der Waals surface area contributed by atoms with Crippen LogP contribution in [-0.2, 0) is 22.7 Å². The molecule has 3 aliphatic rings. The molecular weight excluding hydrogens is 460 g/mol. The Kier molecular flexibility index (Phi) is 7.12. The number of esters is 2. The van der Waals surface area contributed by atoms with Crippen molar-refractivity contribution in [2.75, 3.05) is 26.2 Å². The average Bonchev–Trinajstić information content (AvgIpc) is 3.44. The number of benzene rings is 2. The molecule has 8 nitrogen and oxygen atoms in total. The number of carbonyl (C=O) groups excluding carboxylic acids is 2. The van der Waals surface area contributed by atoms with Crippen molar-refractivity contribution in [1.82, 2.24) is 10.2 Å². The Morgan fingerprint density at radius 1 is 0.917 bits per heavy atom. The van der Waals surface area contributed by atoms with Gasteiger partial charge in [0.25, 0.3) is 0 Å². The fourth-order valence-corrected chi connectivity index (χ4v) is 5.81. The quantitative estimate of drug-likeness (QED) is 0.481. The van der Waals surface area contributed by atoms with E-state index in [4.69, 9.17) is 9.47 Å². The lowest BCUT2D eigenvalue weighted by atomic mass is 9.94. The number of cyclic esters (lactones) is 2. The first kappa shape index (κ1) is 24.9. The van der Waals surface area contributed by atoms with E-state index in [2.05, 4.69) is 10.2 Å². The van der Waals surface area contributed by atoms with Crippen LogP contribution in [0, 0.1) is 13.8 Å². The number of carbonyl (C=O) groups is 2. The largest absolute Gasteiger partial charge is 0.457 e. The van der Waals surface area contributed by atoms with Gasteiger partial charge >= 0.3 is 11.9 Å². The molecule has 3 atom stereocenters. The number of fused-ring (bicyclic) bond motifs is 2. The zero-order valence-corrected chi connectivity index (χ0v) is 20.9. The van der Waals surface area contributed by atoms with E-state index in [1.807, 2.05) is 26.0 Å². The Bertz CT molecular complexity index is 1180. The van der Waals surface area contributed by atoms with Gasteiger partial charge in [-0.25, -0.2) is 9.59 Å². The van der Waals surface area contributed by atoms with Crippen molar-refractivity contribution in [2.45, 2.75) is 64.6 Å². The van der Waals surface area contributed by atoms with Gasteiger partial charge in [-0.1, -0.05) is 18.6 Å². The topological polar surface area (TPSA) is 108 Å². The van der Waals surface area contributed by atoms with E-state index in [9.17, 15) is 19.8 Å². The molecule has 1 fully saturated rings. The number of nitrogens with zero attached hydrogens (tertiary/aromatic N) is 1. The third kappa shape index (κ3) is 4.66. The summed E-state index contributed by atoms with van der Waals surface area (Å²) in [6, 6.07) is 7.41. The van der Waals surface area contributed by atoms with E-state index in [1.54, 1.807) is 12.1 Å². The van der Waals surface area contributed by atoms with E-state index < -0.39 is 12.2 Å². The molecule has 36 heavy (non-hydrogen) atoms. The maximum absolute atomic E-state index is 11.8. The number of aliphatic hydroxyl groups excluding tert-OH is 2. The summed E-state index contributed by atoms with van der Waals surface area (Å²) in [7, 11) is 0. The summed E-state index contributed by atoms with van der Waals surface area (Å²) < 4.78 is 10.3. The lowest BCUT2D eigenvalue weighted by Crippen LogP contribution is -2.47. The molecule has 5 rings (SSSR count). The molecule has 2 aromatic rings. The highest BCUT2D eigenvalue weighted by Gasteiger charge is 2.29. The second-order valence-electron chi connectivity index (χ2n) is 10.1. The molecule has 3 N–H and O–H groups in total. The molecule has 0 saturated carbocycles. The van der Waals surface area contributed by atoms with Gasteiger partial charge in [-0.05, 0) is 67.6 Å². The van der Waals surface area contributed by atoms with Crippen LogP contribution in [0.15, 0.2) is 24.3 Å². The van der Waals surface area contributed by atoms with Gasteiger partial charge < -0.3 is 25.0 Å². The summed E-state index contributed by atoms with van der Waals surface area (Å²) in [6.45, 7) is 6.94. The highest BCUT2D eigenvalue weighted by Crippen LogP contribution is 2.31. The van der Waals surface area contributed by atoms with Crippen molar-refractivity contribution in [1.29, 1.82) is 0 Å². The van der Waals surface area contributed by atoms with Crippen LogP contribution in [0.1, 0.15) is 85.6 Å². The first-order valence-electron chi connectivity index (χ1n) is 12.7. The van der Waals surface area contributed by atoms with E-state index in [-0.39, 0.29) is 31.2 Å². The summed E-state index contributed by atoms with van der Waals surface area (Å²) >= 11 is 0. The van der Waals surface area contributed by atoms with Gasteiger partial charge in [0.05, 0.1) is 23.3 Å². The van der Waals surface area contributed by atoms with Crippen molar-refractivity contribution in [3.05, 3.63) is 68.8 Å². The van der Waals surface area contributed by atoms with E-state index >= 15 is 0 Å². The molecule has 2 aromatic carbocycles. The number of likely N-dealkylation sites (tertiary alicyclic amines) is 1. The van der Waals surface area contributed by atoms with E-state index in [0.717, 1.165) is 59.2 Å². The normalized spacial score (nSPS) is 21.1. The Balaban J connectivity index is 1.19. The number of piperidine rings is 1. The minimum absolute atomic E-state index is 0.257. The van der Waals surface area contributed by atoms with Gasteiger partial charge in [0.1, 0.15) is 13.2 Å². The monoisotopic (exact) mass is 494 g/mol. The molecule has 0 spiro atoms. The van der Waals surface area contributed by atoms with Gasteiger partial charge in [-0.15, -0.1) is 0 Å². The lowest BCUT2D eigenvalue weighted by Gasteiger charge is -2.37. The molecule has 0 aromatic heterocycles. The average molecular weight is 495 g/mol. The standard InChI is InChI=1S/C28H34N2O6/c1-16-19(6-8-21-23(16)14-35-27(21)33)25(31)12-29-11-18-5-3-4-10-30(18)13-26(32)20-7-9-22-24(17(20)2)15-36-28(22)34/h6-9,18,25-26,29,31-32H,3-5,10-15H2,1-2H3/t18?,25-,26+/m1/s1. The van der Waals surface area contributed by atoms with Crippen molar-refractivity contribution in [2.24, 2.45) is 0 Å². The van der Waals surface area contributed by atoms with Gasteiger partial charge in [-0.3, -0.25) is 4.90 Å². The summed E-state index contributed by atoms with van der Waals surface area (Å²) in [5, 5.41) is 25.4. The second-order valence-corrected chi connectivity index (χ2v) is 10.1. The van der Waals surface area contributed by atoms with Crippen molar-refractivity contribution in [3.63, 3.8) is 0 Å². The molecule has 3 heterocycles. The molecule has 1 saturated heterocycles. The van der Waals surface area contributed by atoms with Crippen LogP contribution < -0.4 is 5.32 Å². The predicted molar refractivity (Wildman–Crippen MR) is 133 cm³/mol. The van der Waals surface area contributed by atoms with E-state index in [0.29, 0.717) is 30.8 Å². The third-order valence-electron chi connectivity index (χ3n) is 8.01. The van der Waals surface area contributed by atoms with Gasteiger partial charge in [0, 0.05) is 36.8 Å². The van der Waals surface area contributed by atoms with Crippen molar-refractivity contribution < 1.29 is 29.3 Å². The first-order valence-corrected chi connectivity index (χ1v) is 12.7. The molecule has 1 unspecified atom stereocenters. The van der Waals surface area contributed by atoms with Gasteiger partial charge in [-0.2, -0.15) is 0 Å². The number of nitrogens with one attached hydrogen (secondary N) is 1. The van der Waals surface area contributed by atoms with Crippen LogP contribution >= 0.6 is 0 Å². The maximum atomic E-state index is 11.8. The summed E-state index contributed by atoms with van der Waals surface area (Å²) in [5.74, 6) is -0.598. The number of hydrogen-bond acceptors (Lipinski definition) is 8. The fourth-order valence-electron chi connectivity index (χ4n) is 5.81. The van der Waals surface area contributed by atoms with Crippen LogP contribution in [0.2, 0.25) is 0 Å². The summed E-state index contributed by atoms with van der Waals surface area (Å²) in [4.78, 5) is 26.0. The summed E-state index contributed by atoms with van der Waals surface area (Å²) in [6.07, 6.45) is 1.91. The number of ether oxygens (including phenoxy) is 2. The number of aliphatic hydroxyl groups is 2. The lowest BCUT2D eigenvalue weighted by molar-refractivity contribution is 0.0525. The third-order valence-corrected chi connectivity index (χ3v) is 8.01. The molecule has 8 heteroatoms. The van der Waals surface area contributed by atoms with Gasteiger partial charge in [0.15, 0.2) is 0 Å². The molecule has 0 aliphatic carbocycles. The minimum atomic E-state index is -0.687. The molecular formula is C28H34N2O6. The van der Waals surface area contributed by atoms with Crippen LogP contribution in [0.4, 0.5) is 0 Å². The Labute approximate surface area is 211 Å². The van der Waals surface area contributed by atoms with Crippen LogP contribution in [0.5, 0.6) is 0 Å².